The van der Waals surface area contributed by atoms with Crippen LogP contribution in [0.25, 0.3) is 0 Å². The summed E-state index contributed by atoms with van der Waals surface area (Å²) in [5.41, 5.74) is 0. The predicted molar refractivity (Wildman–Crippen MR) is 56.3 cm³/mol. The molecule has 0 saturated carbocycles. The van der Waals surface area contributed by atoms with Crippen molar-refractivity contribution >= 4 is 5.97 Å². The van der Waals surface area contributed by atoms with E-state index in [-0.39, 0.29) is 0 Å². The van der Waals surface area contributed by atoms with E-state index in [0.717, 1.165) is 0 Å². The highest BCUT2D eigenvalue weighted by Crippen LogP contribution is 2.33. The second-order valence-corrected chi connectivity index (χ2v) is 4.54. The van der Waals surface area contributed by atoms with E-state index in [1.54, 1.807) is 0 Å². The van der Waals surface area contributed by atoms with E-state index < -0.39 is 55.1 Å². The summed E-state index contributed by atoms with van der Waals surface area (Å²) in [7, 11) is 0. The molecule has 1 aliphatic rings. The van der Waals surface area contributed by atoms with Gasteiger partial charge >= 0.3 is 5.97 Å². The number of carboxylic acids is 1. The summed E-state index contributed by atoms with van der Waals surface area (Å²) in [6.07, 6.45) is -6.24. The quantitative estimate of drug-likeness (QED) is 0.321. The summed E-state index contributed by atoms with van der Waals surface area (Å²) >= 11 is 0. The van der Waals surface area contributed by atoms with Gasteiger partial charge in [-0.1, -0.05) is 6.92 Å². The lowest BCUT2D eigenvalue weighted by Gasteiger charge is -2.43. The zero-order valence-electron chi connectivity index (χ0n) is 9.80. The topological polar surface area (TPSA) is 148 Å². The van der Waals surface area contributed by atoms with Crippen LogP contribution in [0.5, 0.6) is 0 Å². The first-order valence-corrected chi connectivity index (χ1v) is 5.51. The van der Waals surface area contributed by atoms with E-state index in [2.05, 4.69) is 0 Å². The normalized spacial score (nSPS) is 40.2. The van der Waals surface area contributed by atoms with Crippen LogP contribution in [-0.4, -0.2) is 73.4 Å². The number of ether oxygens (including phenoxy) is 1. The molecule has 1 rings (SSSR count). The van der Waals surface area contributed by atoms with Crippen molar-refractivity contribution in [1.82, 2.24) is 0 Å². The molecule has 1 unspecified atom stereocenters. The first-order chi connectivity index (χ1) is 8.23. The second-order valence-electron chi connectivity index (χ2n) is 4.54. The van der Waals surface area contributed by atoms with Crippen LogP contribution >= 0.6 is 0 Å². The minimum atomic E-state index is -2.62. The summed E-state index contributed by atoms with van der Waals surface area (Å²) in [5.74, 6) is -5.02. The minimum absolute atomic E-state index is 0.540. The number of aliphatic hydroxyl groups is 5. The standard InChI is InChI=1S/C10H18O8/c1-4-5(12)2-10(17,9(15)16)18-8(4)7(14)6(13)3-11/h4-8,11-14,17H,2-3H2,1H3,(H,15,16)/t4-,5?,6+,7-,8-,10-/m1/s1. The molecule has 0 radical (unpaired) electrons. The van der Waals surface area contributed by atoms with E-state index in [1.807, 2.05) is 0 Å². The number of aliphatic hydroxyl groups excluding tert-OH is 4. The number of rotatable bonds is 4. The Labute approximate surface area is 103 Å². The lowest BCUT2D eigenvalue weighted by Crippen LogP contribution is -2.60. The first kappa shape index (κ1) is 15.3. The molecular weight excluding hydrogens is 248 g/mol. The van der Waals surface area contributed by atoms with Gasteiger partial charge in [0.15, 0.2) is 0 Å². The van der Waals surface area contributed by atoms with Crippen LogP contribution in [0.1, 0.15) is 13.3 Å². The van der Waals surface area contributed by atoms with Gasteiger partial charge in [0.2, 0.25) is 0 Å². The summed E-state index contributed by atoms with van der Waals surface area (Å²) in [6, 6.07) is 0. The van der Waals surface area contributed by atoms with E-state index >= 15 is 0 Å². The Morgan fingerprint density at radius 3 is 2.50 bits per heavy atom. The van der Waals surface area contributed by atoms with Gasteiger partial charge in [-0.15, -0.1) is 0 Å². The third-order valence-corrected chi connectivity index (χ3v) is 3.19. The first-order valence-electron chi connectivity index (χ1n) is 5.51. The number of carbonyl (C=O) groups is 1. The Morgan fingerprint density at radius 1 is 1.50 bits per heavy atom. The molecule has 0 bridgehead atoms. The van der Waals surface area contributed by atoms with Gasteiger partial charge in [0.1, 0.15) is 12.2 Å². The van der Waals surface area contributed by atoms with E-state index in [9.17, 15) is 25.2 Å². The van der Waals surface area contributed by atoms with Crippen molar-refractivity contribution in [1.29, 1.82) is 0 Å². The molecule has 18 heavy (non-hydrogen) atoms. The molecule has 0 aromatic rings. The zero-order chi connectivity index (χ0) is 14.1. The van der Waals surface area contributed by atoms with E-state index in [1.165, 1.54) is 6.92 Å². The van der Waals surface area contributed by atoms with Crippen LogP contribution in [-0.2, 0) is 9.53 Å². The fraction of sp³-hybridized carbons (Fsp3) is 0.900. The second kappa shape index (κ2) is 5.47. The maximum atomic E-state index is 10.9. The molecular formula is C10H18O8. The number of hydrogen-bond acceptors (Lipinski definition) is 7. The summed E-state index contributed by atoms with van der Waals surface area (Å²) in [5, 5.41) is 55.9. The van der Waals surface area contributed by atoms with Gasteiger partial charge in [0.25, 0.3) is 5.79 Å². The van der Waals surface area contributed by atoms with Crippen LogP contribution in [0.2, 0.25) is 0 Å². The molecule has 6 N–H and O–H groups in total. The van der Waals surface area contributed by atoms with Crippen LogP contribution in [0.15, 0.2) is 0 Å². The fourth-order valence-corrected chi connectivity index (χ4v) is 1.91. The van der Waals surface area contributed by atoms with Gasteiger partial charge in [-0.25, -0.2) is 4.79 Å². The van der Waals surface area contributed by atoms with Gasteiger partial charge < -0.3 is 35.4 Å². The molecule has 0 aliphatic carbocycles. The molecule has 106 valence electrons. The summed E-state index contributed by atoms with van der Waals surface area (Å²) < 4.78 is 4.88. The van der Waals surface area contributed by atoms with Crippen molar-refractivity contribution in [2.75, 3.05) is 6.61 Å². The number of aliphatic carboxylic acids is 1. The Hall–Kier alpha value is -0.770. The monoisotopic (exact) mass is 266 g/mol. The highest BCUT2D eigenvalue weighted by molar-refractivity contribution is 5.75. The number of hydrogen-bond donors (Lipinski definition) is 6. The van der Waals surface area contributed by atoms with Crippen LogP contribution in [0, 0.1) is 5.92 Å². The summed E-state index contributed by atoms with van der Waals surface area (Å²) in [6.45, 7) is 0.722. The Balaban J connectivity index is 2.92. The molecule has 0 aromatic heterocycles. The molecule has 1 fully saturated rings. The fourth-order valence-electron chi connectivity index (χ4n) is 1.91. The van der Waals surface area contributed by atoms with Gasteiger partial charge in [-0.3, -0.25) is 0 Å². The molecule has 0 aromatic carbocycles. The van der Waals surface area contributed by atoms with Crippen molar-refractivity contribution in [3.8, 4) is 0 Å². The molecule has 1 aliphatic heterocycles. The van der Waals surface area contributed by atoms with E-state index in [4.69, 9.17) is 14.9 Å². The molecule has 8 nitrogen and oxygen atoms in total. The van der Waals surface area contributed by atoms with E-state index in [0.29, 0.717) is 0 Å². The van der Waals surface area contributed by atoms with Gasteiger partial charge in [0.05, 0.1) is 18.8 Å². The highest BCUT2D eigenvalue weighted by atomic mass is 16.7. The van der Waals surface area contributed by atoms with Crippen LogP contribution < -0.4 is 0 Å². The molecule has 1 heterocycles. The van der Waals surface area contributed by atoms with Crippen LogP contribution in [0.4, 0.5) is 0 Å². The van der Waals surface area contributed by atoms with Crippen molar-refractivity contribution in [2.45, 2.75) is 43.5 Å². The lowest BCUT2D eigenvalue weighted by atomic mass is 9.85. The Bertz CT molecular complexity index is 308. The molecule has 6 atom stereocenters. The minimum Gasteiger partial charge on any atom is -0.477 e. The van der Waals surface area contributed by atoms with Gasteiger partial charge in [-0.05, 0) is 0 Å². The van der Waals surface area contributed by atoms with Gasteiger partial charge in [0, 0.05) is 12.3 Å². The molecule has 1 saturated heterocycles. The predicted octanol–water partition coefficient (Wildman–Crippen LogP) is -2.74. The van der Waals surface area contributed by atoms with Crippen molar-refractivity contribution < 1.29 is 40.2 Å². The molecule has 0 amide bonds. The van der Waals surface area contributed by atoms with Gasteiger partial charge in [-0.2, -0.15) is 0 Å². The maximum absolute atomic E-state index is 10.9. The number of carboxylic acid groups (broad SMARTS) is 1. The third-order valence-electron chi connectivity index (χ3n) is 3.19. The highest BCUT2D eigenvalue weighted by Gasteiger charge is 2.51. The zero-order valence-corrected chi connectivity index (χ0v) is 9.80. The average molecular weight is 266 g/mol. The van der Waals surface area contributed by atoms with Crippen molar-refractivity contribution in [3.63, 3.8) is 0 Å². The summed E-state index contributed by atoms with van der Waals surface area (Å²) in [4.78, 5) is 10.9. The third kappa shape index (κ3) is 2.79. The Morgan fingerprint density at radius 2 is 2.06 bits per heavy atom. The lowest BCUT2D eigenvalue weighted by molar-refractivity contribution is -0.302. The molecule has 8 heteroatoms. The molecule has 0 spiro atoms. The largest absolute Gasteiger partial charge is 0.477 e. The maximum Gasteiger partial charge on any atom is 0.364 e. The Kier molecular flexibility index (Phi) is 4.65. The van der Waals surface area contributed by atoms with Crippen molar-refractivity contribution in [2.24, 2.45) is 5.92 Å². The average Bonchev–Trinajstić information content (AvgIpc) is 2.31. The van der Waals surface area contributed by atoms with Crippen LogP contribution in [0.3, 0.4) is 0 Å². The smallest absolute Gasteiger partial charge is 0.364 e. The van der Waals surface area contributed by atoms with Crippen molar-refractivity contribution in [3.05, 3.63) is 0 Å². The SMILES string of the molecule is C[C@@H]1C(O)C[C@](O)(C(=O)O)O[C@H]1[C@H](O)[C@@H](O)CO.